The molecule has 2 atom stereocenters. The summed E-state index contributed by atoms with van der Waals surface area (Å²) < 4.78 is 0. The van der Waals surface area contributed by atoms with E-state index in [-0.39, 0.29) is 0 Å². The SMILES string of the molecule is Cc1cc(C2=C[C@H]3C[C@@H]2CN3CCS)ccn1. The van der Waals surface area contributed by atoms with E-state index in [1.54, 1.807) is 0 Å². The molecule has 1 aliphatic carbocycles. The van der Waals surface area contributed by atoms with Crippen molar-refractivity contribution in [1.29, 1.82) is 0 Å². The Labute approximate surface area is 108 Å². The van der Waals surface area contributed by atoms with Crippen LogP contribution in [0.5, 0.6) is 0 Å². The van der Waals surface area contributed by atoms with Crippen molar-refractivity contribution in [3.8, 4) is 0 Å². The number of aromatic nitrogens is 1. The van der Waals surface area contributed by atoms with Crippen LogP contribution in [0.25, 0.3) is 5.57 Å². The van der Waals surface area contributed by atoms with Gasteiger partial charge in [0.05, 0.1) is 0 Å². The van der Waals surface area contributed by atoms with Gasteiger partial charge in [0, 0.05) is 36.8 Å². The van der Waals surface area contributed by atoms with E-state index < -0.39 is 0 Å². The third kappa shape index (κ3) is 2.02. The summed E-state index contributed by atoms with van der Waals surface area (Å²) in [6.07, 6.45) is 5.67. The first-order valence-electron chi connectivity index (χ1n) is 6.27. The molecule has 0 amide bonds. The van der Waals surface area contributed by atoms with E-state index >= 15 is 0 Å². The quantitative estimate of drug-likeness (QED) is 0.824. The van der Waals surface area contributed by atoms with Crippen LogP contribution in [-0.2, 0) is 0 Å². The van der Waals surface area contributed by atoms with Gasteiger partial charge in [0.25, 0.3) is 0 Å². The topological polar surface area (TPSA) is 16.1 Å². The van der Waals surface area contributed by atoms with Crippen LogP contribution < -0.4 is 0 Å². The summed E-state index contributed by atoms with van der Waals surface area (Å²) in [4.78, 5) is 6.82. The Kier molecular flexibility index (Phi) is 2.97. The van der Waals surface area contributed by atoms with Crippen molar-refractivity contribution in [1.82, 2.24) is 9.88 Å². The summed E-state index contributed by atoms with van der Waals surface area (Å²) in [5, 5.41) is 0. The number of rotatable bonds is 3. The highest BCUT2D eigenvalue weighted by Gasteiger charge is 2.38. The highest BCUT2D eigenvalue weighted by Crippen LogP contribution is 2.42. The molecular formula is C14H18N2S. The third-order valence-electron chi connectivity index (χ3n) is 3.88. The summed E-state index contributed by atoms with van der Waals surface area (Å²) >= 11 is 4.33. The van der Waals surface area contributed by atoms with Crippen molar-refractivity contribution in [2.75, 3.05) is 18.8 Å². The van der Waals surface area contributed by atoms with E-state index in [0.717, 1.165) is 23.9 Å². The highest BCUT2D eigenvalue weighted by molar-refractivity contribution is 7.80. The molecule has 1 aliphatic heterocycles. The molecule has 2 aliphatic rings. The predicted octanol–water partition coefficient (Wildman–Crippen LogP) is 2.41. The van der Waals surface area contributed by atoms with Crippen LogP contribution in [0.4, 0.5) is 0 Å². The second-order valence-electron chi connectivity index (χ2n) is 5.03. The second kappa shape index (κ2) is 4.46. The molecule has 0 radical (unpaired) electrons. The average molecular weight is 246 g/mol. The first kappa shape index (κ1) is 11.3. The molecule has 3 heteroatoms. The fourth-order valence-electron chi connectivity index (χ4n) is 3.12. The van der Waals surface area contributed by atoms with E-state index in [0.29, 0.717) is 6.04 Å². The second-order valence-corrected chi connectivity index (χ2v) is 5.47. The molecular weight excluding hydrogens is 228 g/mol. The maximum absolute atomic E-state index is 4.33. The van der Waals surface area contributed by atoms with Gasteiger partial charge in [-0.1, -0.05) is 6.08 Å². The maximum Gasteiger partial charge on any atom is 0.0378 e. The molecule has 2 nitrogen and oxygen atoms in total. The van der Waals surface area contributed by atoms with Crippen LogP contribution in [0, 0.1) is 12.8 Å². The monoisotopic (exact) mass is 246 g/mol. The molecule has 2 heterocycles. The molecule has 1 fully saturated rings. The Bertz CT molecular complexity index is 455. The fourth-order valence-corrected chi connectivity index (χ4v) is 3.38. The number of thiol groups is 1. The first-order valence-corrected chi connectivity index (χ1v) is 6.91. The zero-order valence-corrected chi connectivity index (χ0v) is 11.0. The van der Waals surface area contributed by atoms with Gasteiger partial charge in [0.2, 0.25) is 0 Å². The van der Waals surface area contributed by atoms with E-state index in [4.69, 9.17) is 0 Å². The Hall–Kier alpha value is -0.800. The van der Waals surface area contributed by atoms with Crippen molar-refractivity contribution < 1.29 is 0 Å². The zero-order valence-electron chi connectivity index (χ0n) is 10.1. The Morgan fingerprint density at radius 2 is 2.41 bits per heavy atom. The van der Waals surface area contributed by atoms with E-state index in [1.807, 2.05) is 6.20 Å². The smallest absolute Gasteiger partial charge is 0.0378 e. The molecule has 0 saturated carbocycles. The van der Waals surface area contributed by atoms with Gasteiger partial charge in [-0.25, -0.2) is 0 Å². The lowest BCUT2D eigenvalue weighted by atomic mass is 9.95. The van der Waals surface area contributed by atoms with Crippen LogP contribution in [0.1, 0.15) is 17.7 Å². The Morgan fingerprint density at radius 1 is 1.53 bits per heavy atom. The minimum Gasteiger partial charge on any atom is -0.295 e. The Morgan fingerprint density at radius 3 is 3.06 bits per heavy atom. The molecule has 1 aromatic heterocycles. The van der Waals surface area contributed by atoms with Gasteiger partial charge in [0.1, 0.15) is 0 Å². The zero-order chi connectivity index (χ0) is 11.8. The lowest BCUT2D eigenvalue weighted by Crippen LogP contribution is -2.32. The predicted molar refractivity (Wildman–Crippen MR) is 74.3 cm³/mol. The van der Waals surface area contributed by atoms with Crippen LogP contribution in [0.15, 0.2) is 24.4 Å². The van der Waals surface area contributed by atoms with E-state index in [1.165, 1.54) is 24.1 Å². The van der Waals surface area contributed by atoms with Crippen molar-refractivity contribution in [2.24, 2.45) is 5.92 Å². The fraction of sp³-hybridized carbons (Fsp3) is 0.500. The third-order valence-corrected chi connectivity index (χ3v) is 4.08. The number of pyridine rings is 1. The number of aryl methyl sites for hydroxylation is 1. The standard InChI is InChI=1S/C14H18N2S/c1-10-6-11(2-3-15-10)14-8-13-7-12(14)9-16(13)4-5-17/h2-3,6,8,12-13,17H,4-5,7,9H2,1H3/t12-,13-/m1/s1. The van der Waals surface area contributed by atoms with Gasteiger partial charge in [-0.15, -0.1) is 0 Å². The van der Waals surface area contributed by atoms with E-state index in [9.17, 15) is 0 Å². The van der Waals surface area contributed by atoms with Gasteiger partial charge in [-0.05, 0) is 42.5 Å². The van der Waals surface area contributed by atoms with Gasteiger partial charge >= 0.3 is 0 Å². The first-order chi connectivity index (χ1) is 8.28. The molecule has 0 unspecified atom stereocenters. The van der Waals surface area contributed by atoms with Gasteiger partial charge in [-0.3, -0.25) is 9.88 Å². The number of hydrogen-bond donors (Lipinski definition) is 1. The lowest BCUT2D eigenvalue weighted by molar-refractivity contribution is 0.300. The van der Waals surface area contributed by atoms with Gasteiger partial charge in [-0.2, -0.15) is 12.6 Å². The minimum absolute atomic E-state index is 0.649. The summed E-state index contributed by atoms with van der Waals surface area (Å²) in [6, 6.07) is 4.99. The molecule has 1 aromatic rings. The van der Waals surface area contributed by atoms with Crippen molar-refractivity contribution >= 4 is 18.2 Å². The number of nitrogens with zero attached hydrogens (tertiary/aromatic N) is 2. The number of likely N-dealkylation sites (tertiary alicyclic amines) is 1. The maximum atomic E-state index is 4.33. The van der Waals surface area contributed by atoms with Crippen molar-refractivity contribution in [3.05, 3.63) is 35.7 Å². The van der Waals surface area contributed by atoms with Crippen LogP contribution in [0.3, 0.4) is 0 Å². The summed E-state index contributed by atoms with van der Waals surface area (Å²) in [5.41, 5.74) is 4.02. The van der Waals surface area contributed by atoms with Crippen LogP contribution in [-0.4, -0.2) is 34.8 Å². The summed E-state index contributed by atoms with van der Waals surface area (Å²) in [7, 11) is 0. The lowest BCUT2D eigenvalue weighted by Gasteiger charge is -2.25. The molecule has 90 valence electrons. The van der Waals surface area contributed by atoms with E-state index in [2.05, 4.69) is 47.6 Å². The van der Waals surface area contributed by atoms with Crippen molar-refractivity contribution in [3.63, 3.8) is 0 Å². The number of fused-ring (bicyclic) bond motifs is 2. The average Bonchev–Trinajstić information content (AvgIpc) is 2.89. The Balaban J connectivity index is 1.84. The minimum atomic E-state index is 0.649. The molecule has 0 aromatic carbocycles. The number of hydrogen-bond acceptors (Lipinski definition) is 3. The largest absolute Gasteiger partial charge is 0.295 e. The molecule has 3 rings (SSSR count). The van der Waals surface area contributed by atoms with Crippen LogP contribution >= 0.6 is 12.6 Å². The summed E-state index contributed by atoms with van der Waals surface area (Å²) in [5.74, 6) is 1.68. The molecule has 0 spiro atoms. The molecule has 17 heavy (non-hydrogen) atoms. The molecule has 1 saturated heterocycles. The molecule has 0 N–H and O–H groups in total. The molecule has 2 bridgehead atoms. The normalized spacial score (nSPS) is 27.5. The van der Waals surface area contributed by atoms with Gasteiger partial charge in [0.15, 0.2) is 0 Å². The van der Waals surface area contributed by atoms with Crippen LogP contribution in [0.2, 0.25) is 0 Å². The summed E-state index contributed by atoms with van der Waals surface area (Å²) in [6.45, 7) is 4.38. The highest BCUT2D eigenvalue weighted by atomic mass is 32.1. The van der Waals surface area contributed by atoms with Crippen molar-refractivity contribution in [2.45, 2.75) is 19.4 Å². The van der Waals surface area contributed by atoms with Gasteiger partial charge < -0.3 is 0 Å².